The summed E-state index contributed by atoms with van der Waals surface area (Å²) in [5.74, 6) is -0.240. The van der Waals surface area contributed by atoms with Gasteiger partial charge in [0, 0.05) is 21.3 Å². The molecule has 1 atom stereocenters. The van der Waals surface area contributed by atoms with E-state index in [0.717, 1.165) is 15.7 Å². The third-order valence-electron chi connectivity index (χ3n) is 3.06. The van der Waals surface area contributed by atoms with Crippen molar-refractivity contribution in [2.45, 2.75) is 6.04 Å². The van der Waals surface area contributed by atoms with Gasteiger partial charge in [0.05, 0.1) is 6.04 Å². The zero-order valence-electron chi connectivity index (χ0n) is 9.78. The van der Waals surface area contributed by atoms with Crippen LogP contribution in [0.25, 0.3) is 0 Å². The number of hydrogen-bond donors (Lipinski definition) is 2. The summed E-state index contributed by atoms with van der Waals surface area (Å²) in [5.41, 5.74) is 2.46. The van der Waals surface area contributed by atoms with Crippen molar-refractivity contribution in [1.82, 2.24) is 5.32 Å². The molecule has 5 heteroatoms. The van der Waals surface area contributed by atoms with E-state index < -0.39 is 0 Å². The number of rotatable bonds is 1. The molecular weight excluding hydrogens is 327 g/mol. The third-order valence-corrected chi connectivity index (χ3v) is 3.78. The van der Waals surface area contributed by atoms with Crippen LogP contribution in [0.5, 0.6) is 0 Å². The maximum atomic E-state index is 14.0. The first-order chi connectivity index (χ1) is 9.15. The first-order valence-corrected chi connectivity index (χ1v) is 6.96. The molecule has 0 fully saturated rings. The lowest BCUT2D eigenvalue weighted by molar-refractivity contribution is 0.588. The molecule has 0 aromatic heterocycles. The van der Waals surface area contributed by atoms with Crippen LogP contribution in [0.3, 0.4) is 0 Å². The molecule has 0 saturated heterocycles. The summed E-state index contributed by atoms with van der Waals surface area (Å²) in [7, 11) is 0. The first kappa shape index (κ1) is 12.6. The summed E-state index contributed by atoms with van der Waals surface area (Å²) < 4.78 is 14.9. The largest absolute Gasteiger partial charge is 0.351 e. The van der Waals surface area contributed by atoms with E-state index in [9.17, 15) is 4.39 Å². The van der Waals surface area contributed by atoms with Crippen LogP contribution in [-0.2, 0) is 0 Å². The number of benzene rings is 2. The molecule has 0 bridgehead atoms. The van der Waals surface area contributed by atoms with Crippen molar-refractivity contribution in [3.63, 3.8) is 0 Å². The van der Waals surface area contributed by atoms with Crippen LogP contribution >= 0.6 is 28.1 Å². The summed E-state index contributed by atoms with van der Waals surface area (Å²) in [5, 5.41) is 6.70. The number of anilines is 1. The van der Waals surface area contributed by atoms with Gasteiger partial charge in [-0.1, -0.05) is 34.1 Å². The summed E-state index contributed by atoms with van der Waals surface area (Å²) in [6, 6.07) is 12.3. The predicted octanol–water partition coefficient (Wildman–Crippen LogP) is 3.98. The Kier molecular flexibility index (Phi) is 3.24. The van der Waals surface area contributed by atoms with Gasteiger partial charge in [0.15, 0.2) is 5.11 Å². The van der Waals surface area contributed by atoms with Crippen LogP contribution in [0.2, 0.25) is 0 Å². The maximum Gasteiger partial charge on any atom is 0.171 e. The van der Waals surface area contributed by atoms with E-state index in [4.69, 9.17) is 12.2 Å². The lowest BCUT2D eigenvalue weighted by Gasteiger charge is -2.29. The summed E-state index contributed by atoms with van der Waals surface area (Å²) in [6.07, 6.45) is 0. The second kappa shape index (κ2) is 4.90. The molecule has 1 heterocycles. The van der Waals surface area contributed by atoms with E-state index in [2.05, 4.69) is 26.6 Å². The average molecular weight is 337 g/mol. The molecule has 0 aliphatic carbocycles. The Bertz CT molecular complexity index is 660. The fourth-order valence-corrected chi connectivity index (χ4v) is 2.81. The van der Waals surface area contributed by atoms with Gasteiger partial charge < -0.3 is 10.6 Å². The lowest BCUT2D eigenvalue weighted by atomic mass is 9.95. The molecule has 0 saturated carbocycles. The Morgan fingerprint density at radius 2 is 1.89 bits per heavy atom. The molecule has 0 radical (unpaired) electrons. The van der Waals surface area contributed by atoms with Gasteiger partial charge in [-0.3, -0.25) is 0 Å². The Balaban J connectivity index is 2.16. The van der Waals surface area contributed by atoms with Crippen molar-refractivity contribution < 1.29 is 4.39 Å². The van der Waals surface area contributed by atoms with Crippen molar-refractivity contribution in [3.8, 4) is 0 Å². The molecule has 1 unspecified atom stereocenters. The number of halogens is 2. The fourth-order valence-electron chi connectivity index (χ4n) is 2.21. The molecule has 0 spiro atoms. The zero-order valence-corrected chi connectivity index (χ0v) is 12.2. The second-order valence-electron chi connectivity index (χ2n) is 4.28. The van der Waals surface area contributed by atoms with Gasteiger partial charge in [0.2, 0.25) is 0 Å². The summed E-state index contributed by atoms with van der Waals surface area (Å²) in [6.45, 7) is 0. The van der Waals surface area contributed by atoms with Gasteiger partial charge in [-0.15, -0.1) is 0 Å². The molecular formula is C14H10BrFN2S. The average Bonchev–Trinajstić information content (AvgIpc) is 2.39. The molecule has 2 aromatic carbocycles. The molecule has 3 rings (SSSR count). The van der Waals surface area contributed by atoms with Crippen LogP contribution in [0.15, 0.2) is 46.9 Å². The van der Waals surface area contributed by atoms with Crippen molar-refractivity contribution in [1.29, 1.82) is 0 Å². The highest BCUT2D eigenvalue weighted by molar-refractivity contribution is 9.10. The lowest BCUT2D eigenvalue weighted by Crippen LogP contribution is -2.38. The highest BCUT2D eigenvalue weighted by Gasteiger charge is 2.25. The van der Waals surface area contributed by atoms with E-state index in [-0.39, 0.29) is 11.9 Å². The molecule has 2 aromatic rings. The normalized spacial score (nSPS) is 17.4. The molecule has 1 aliphatic heterocycles. The predicted molar refractivity (Wildman–Crippen MR) is 81.7 cm³/mol. The molecule has 2 nitrogen and oxygen atoms in total. The first-order valence-electron chi connectivity index (χ1n) is 5.76. The van der Waals surface area contributed by atoms with Crippen molar-refractivity contribution in [3.05, 3.63) is 63.9 Å². The quantitative estimate of drug-likeness (QED) is 0.770. The molecule has 2 N–H and O–H groups in total. The SMILES string of the molecule is Fc1ccccc1C1NC(=S)Nc2ccc(Br)cc21. The topological polar surface area (TPSA) is 24.1 Å². The van der Waals surface area contributed by atoms with E-state index in [1.54, 1.807) is 12.1 Å². The smallest absolute Gasteiger partial charge is 0.171 e. The maximum absolute atomic E-state index is 14.0. The number of fused-ring (bicyclic) bond motifs is 1. The van der Waals surface area contributed by atoms with Crippen molar-refractivity contribution >= 4 is 38.9 Å². The van der Waals surface area contributed by atoms with Crippen LogP contribution in [0, 0.1) is 5.82 Å². The molecule has 0 amide bonds. The number of hydrogen-bond acceptors (Lipinski definition) is 1. The minimum absolute atomic E-state index is 0.240. The standard InChI is InChI=1S/C14H10BrFN2S/c15-8-5-6-12-10(7-8)13(18-14(19)17-12)9-3-1-2-4-11(9)16/h1-7,13H,(H2,17,18,19). The minimum atomic E-state index is -0.276. The van der Waals surface area contributed by atoms with Gasteiger partial charge in [-0.05, 0) is 36.5 Å². The van der Waals surface area contributed by atoms with Gasteiger partial charge in [-0.25, -0.2) is 4.39 Å². The molecule has 96 valence electrons. The summed E-state index contributed by atoms with van der Waals surface area (Å²) in [4.78, 5) is 0. The Morgan fingerprint density at radius 3 is 2.68 bits per heavy atom. The molecule has 19 heavy (non-hydrogen) atoms. The molecule has 1 aliphatic rings. The highest BCUT2D eigenvalue weighted by Crippen LogP contribution is 2.34. The highest BCUT2D eigenvalue weighted by atomic mass is 79.9. The Labute approximate surface area is 124 Å². The van der Waals surface area contributed by atoms with Crippen LogP contribution in [-0.4, -0.2) is 5.11 Å². The fraction of sp³-hybridized carbons (Fsp3) is 0.0714. The monoisotopic (exact) mass is 336 g/mol. The van der Waals surface area contributed by atoms with Crippen LogP contribution < -0.4 is 10.6 Å². The van der Waals surface area contributed by atoms with E-state index >= 15 is 0 Å². The van der Waals surface area contributed by atoms with Gasteiger partial charge >= 0.3 is 0 Å². The van der Waals surface area contributed by atoms with Gasteiger partial charge in [0.1, 0.15) is 5.82 Å². The third kappa shape index (κ3) is 2.35. The number of thiocarbonyl (C=S) groups is 1. The Hall–Kier alpha value is -1.46. The van der Waals surface area contributed by atoms with Crippen molar-refractivity contribution in [2.75, 3.05) is 5.32 Å². The van der Waals surface area contributed by atoms with Gasteiger partial charge in [-0.2, -0.15) is 0 Å². The van der Waals surface area contributed by atoms with Crippen LogP contribution in [0.1, 0.15) is 17.2 Å². The van der Waals surface area contributed by atoms with E-state index in [0.29, 0.717) is 10.7 Å². The van der Waals surface area contributed by atoms with E-state index in [1.807, 2.05) is 24.3 Å². The van der Waals surface area contributed by atoms with Crippen LogP contribution in [0.4, 0.5) is 10.1 Å². The van der Waals surface area contributed by atoms with E-state index in [1.165, 1.54) is 6.07 Å². The van der Waals surface area contributed by atoms with Crippen molar-refractivity contribution in [2.24, 2.45) is 0 Å². The minimum Gasteiger partial charge on any atom is -0.351 e. The summed E-state index contributed by atoms with van der Waals surface area (Å²) >= 11 is 8.62. The zero-order chi connectivity index (χ0) is 13.4. The second-order valence-corrected chi connectivity index (χ2v) is 5.61. The Morgan fingerprint density at radius 1 is 1.11 bits per heavy atom. The number of nitrogens with one attached hydrogen (secondary N) is 2. The van der Waals surface area contributed by atoms with Gasteiger partial charge in [0.25, 0.3) is 0 Å².